The molecule has 1 heterocycles. The van der Waals surface area contributed by atoms with Crippen LogP contribution in [0.1, 0.15) is 18.9 Å². The van der Waals surface area contributed by atoms with Crippen LogP contribution in [0.25, 0.3) is 11.4 Å². The van der Waals surface area contributed by atoms with Gasteiger partial charge in [0.05, 0.1) is 5.75 Å². The largest absolute Gasteiger partial charge is 0.325 e. The molecule has 0 atom stereocenters. The quantitative estimate of drug-likeness (QED) is 0.564. The van der Waals surface area contributed by atoms with Crippen LogP contribution in [0.3, 0.4) is 0 Å². The van der Waals surface area contributed by atoms with Gasteiger partial charge in [-0.25, -0.2) is 0 Å². The maximum absolute atomic E-state index is 12.2. The molecule has 0 saturated carbocycles. The number of carbonyl (C=O) groups excluding carboxylic acids is 1. The summed E-state index contributed by atoms with van der Waals surface area (Å²) in [4.78, 5) is 12.2. The van der Waals surface area contributed by atoms with Gasteiger partial charge in [-0.05, 0) is 43.7 Å². The third kappa shape index (κ3) is 5.11. The van der Waals surface area contributed by atoms with Crippen molar-refractivity contribution in [1.82, 2.24) is 14.8 Å². The molecule has 0 aliphatic heterocycles. The summed E-state index contributed by atoms with van der Waals surface area (Å²) in [6.45, 7) is 4.97. The van der Waals surface area contributed by atoms with Crippen molar-refractivity contribution in [2.24, 2.45) is 0 Å². The summed E-state index contributed by atoms with van der Waals surface area (Å²) in [5.41, 5.74) is 2.93. The van der Waals surface area contributed by atoms with Gasteiger partial charge in [0.25, 0.3) is 0 Å². The first kappa shape index (κ1) is 19.5. The van der Waals surface area contributed by atoms with Crippen molar-refractivity contribution in [3.05, 3.63) is 59.1 Å². The highest BCUT2D eigenvalue weighted by Gasteiger charge is 2.15. The summed E-state index contributed by atoms with van der Waals surface area (Å²) in [6.07, 6.45) is 0.960. The maximum Gasteiger partial charge on any atom is 0.234 e. The molecular formula is C20H21ClN4OS. The van der Waals surface area contributed by atoms with Gasteiger partial charge in [0.2, 0.25) is 5.91 Å². The smallest absolute Gasteiger partial charge is 0.234 e. The van der Waals surface area contributed by atoms with Gasteiger partial charge >= 0.3 is 0 Å². The molecule has 1 N–H and O–H groups in total. The van der Waals surface area contributed by atoms with E-state index in [1.54, 1.807) is 24.3 Å². The Morgan fingerprint density at radius 2 is 1.96 bits per heavy atom. The molecule has 7 heteroatoms. The van der Waals surface area contributed by atoms with E-state index < -0.39 is 0 Å². The standard InChI is InChI=1S/C20H21ClN4OS/c1-3-11-25-19(15-6-4-5-14(2)12-15)23-24-20(25)27-13-18(26)22-17-9-7-16(21)8-10-17/h4-10,12H,3,11,13H2,1-2H3,(H,22,26). The molecule has 0 spiro atoms. The third-order valence-corrected chi connectivity index (χ3v) is 5.12. The molecular weight excluding hydrogens is 380 g/mol. The second-order valence-corrected chi connectivity index (χ2v) is 7.55. The van der Waals surface area contributed by atoms with Crippen LogP contribution < -0.4 is 5.32 Å². The number of aryl methyl sites for hydroxylation is 1. The summed E-state index contributed by atoms with van der Waals surface area (Å²) in [5.74, 6) is 1.00. The van der Waals surface area contributed by atoms with E-state index in [0.29, 0.717) is 5.02 Å². The molecule has 0 unspecified atom stereocenters. The molecule has 140 valence electrons. The van der Waals surface area contributed by atoms with Crippen LogP contribution in [0.5, 0.6) is 0 Å². The molecule has 0 radical (unpaired) electrons. The van der Waals surface area contributed by atoms with E-state index in [1.165, 1.54) is 17.3 Å². The molecule has 0 fully saturated rings. The topological polar surface area (TPSA) is 59.8 Å². The minimum Gasteiger partial charge on any atom is -0.325 e. The molecule has 1 aromatic heterocycles. The minimum absolute atomic E-state index is 0.0922. The molecule has 0 saturated heterocycles. The minimum atomic E-state index is -0.0922. The summed E-state index contributed by atoms with van der Waals surface area (Å²) >= 11 is 7.25. The van der Waals surface area contributed by atoms with Gasteiger partial charge in [0, 0.05) is 22.8 Å². The number of rotatable bonds is 7. The summed E-state index contributed by atoms with van der Waals surface area (Å²) in [7, 11) is 0. The van der Waals surface area contributed by atoms with Crippen molar-refractivity contribution in [2.45, 2.75) is 32.0 Å². The molecule has 27 heavy (non-hydrogen) atoms. The lowest BCUT2D eigenvalue weighted by molar-refractivity contribution is -0.113. The van der Waals surface area contributed by atoms with Crippen LogP contribution in [-0.4, -0.2) is 26.4 Å². The number of benzene rings is 2. The Morgan fingerprint density at radius 3 is 2.67 bits per heavy atom. The van der Waals surface area contributed by atoms with E-state index in [4.69, 9.17) is 11.6 Å². The lowest BCUT2D eigenvalue weighted by Gasteiger charge is -2.09. The summed E-state index contributed by atoms with van der Waals surface area (Å²) in [6, 6.07) is 15.2. The molecule has 0 aliphatic rings. The fourth-order valence-electron chi connectivity index (χ4n) is 2.68. The Hall–Kier alpha value is -2.31. The first-order valence-electron chi connectivity index (χ1n) is 8.75. The number of carbonyl (C=O) groups is 1. The van der Waals surface area contributed by atoms with E-state index in [2.05, 4.69) is 46.1 Å². The molecule has 0 aliphatic carbocycles. The van der Waals surface area contributed by atoms with Crippen molar-refractivity contribution >= 4 is 35.0 Å². The van der Waals surface area contributed by atoms with Gasteiger partial charge in [-0.3, -0.25) is 4.79 Å². The monoisotopic (exact) mass is 400 g/mol. The average Bonchev–Trinajstić information content (AvgIpc) is 3.05. The Bertz CT molecular complexity index is 924. The zero-order valence-corrected chi connectivity index (χ0v) is 16.8. The van der Waals surface area contributed by atoms with Crippen molar-refractivity contribution in [3.8, 4) is 11.4 Å². The lowest BCUT2D eigenvalue weighted by Crippen LogP contribution is -2.14. The van der Waals surface area contributed by atoms with E-state index in [0.717, 1.165) is 35.2 Å². The second-order valence-electron chi connectivity index (χ2n) is 6.17. The summed E-state index contributed by atoms with van der Waals surface area (Å²) in [5, 5.41) is 12.9. The van der Waals surface area contributed by atoms with Crippen molar-refractivity contribution in [3.63, 3.8) is 0 Å². The van der Waals surface area contributed by atoms with Crippen LogP contribution >= 0.6 is 23.4 Å². The summed E-state index contributed by atoms with van der Waals surface area (Å²) < 4.78 is 2.08. The van der Waals surface area contributed by atoms with Gasteiger partial charge in [-0.1, -0.05) is 54.0 Å². The Morgan fingerprint density at radius 1 is 1.19 bits per heavy atom. The van der Waals surface area contributed by atoms with Gasteiger partial charge in [0.1, 0.15) is 0 Å². The zero-order valence-electron chi connectivity index (χ0n) is 15.3. The third-order valence-electron chi connectivity index (χ3n) is 3.90. The number of halogens is 1. The highest BCUT2D eigenvalue weighted by molar-refractivity contribution is 7.99. The molecule has 0 bridgehead atoms. The van der Waals surface area contributed by atoms with Crippen LogP contribution in [0.4, 0.5) is 5.69 Å². The van der Waals surface area contributed by atoms with Gasteiger partial charge in [-0.2, -0.15) is 0 Å². The van der Waals surface area contributed by atoms with Crippen molar-refractivity contribution in [2.75, 3.05) is 11.1 Å². The van der Waals surface area contributed by atoms with Crippen LogP contribution in [0.15, 0.2) is 53.7 Å². The number of aromatic nitrogens is 3. The number of hydrogen-bond donors (Lipinski definition) is 1. The normalized spacial score (nSPS) is 10.8. The van der Waals surface area contributed by atoms with E-state index in [9.17, 15) is 4.79 Å². The number of amides is 1. The van der Waals surface area contributed by atoms with Crippen molar-refractivity contribution in [1.29, 1.82) is 0 Å². The molecule has 3 rings (SSSR count). The number of nitrogens with one attached hydrogen (secondary N) is 1. The number of nitrogens with zero attached hydrogens (tertiary/aromatic N) is 3. The highest BCUT2D eigenvalue weighted by Crippen LogP contribution is 2.25. The number of hydrogen-bond acceptors (Lipinski definition) is 4. The number of thioether (sulfide) groups is 1. The molecule has 5 nitrogen and oxygen atoms in total. The van der Waals surface area contributed by atoms with E-state index >= 15 is 0 Å². The number of anilines is 1. The van der Waals surface area contributed by atoms with E-state index in [-0.39, 0.29) is 11.7 Å². The van der Waals surface area contributed by atoms with Gasteiger partial charge in [-0.15, -0.1) is 10.2 Å². The van der Waals surface area contributed by atoms with Gasteiger partial charge < -0.3 is 9.88 Å². The molecule has 1 amide bonds. The van der Waals surface area contributed by atoms with Crippen molar-refractivity contribution < 1.29 is 4.79 Å². The highest BCUT2D eigenvalue weighted by atomic mass is 35.5. The Kier molecular flexibility index (Phi) is 6.53. The van der Waals surface area contributed by atoms with Crippen LogP contribution in [0.2, 0.25) is 5.02 Å². The SMILES string of the molecule is CCCn1c(SCC(=O)Nc2ccc(Cl)cc2)nnc1-c1cccc(C)c1. The Labute approximate surface area is 168 Å². The van der Waals surface area contributed by atoms with Gasteiger partial charge in [0.15, 0.2) is 11.0 Å². The fraction of sp³-hybridized carbons (Fsp3) is 0.250. The zero-order chi connectivity index (χ0) is 19.2. The molecule has 2 aromatic carbocycles. The lowest BCUT2D eigenvalue weighted by atomic mass is 10.1. The van der Waals surface area contributed by atoms with Crippen LogP contribution in [-0.2, 0) is 11.3 Å². The molecule has 3 aromatic rings. The maximum atomic E-state index is 12.2. The first-order chi connectivity index (χ1) is 13.1. The fourth-order valence-corrected chi connectivity index (χ4v) is 3.57. The van der Waals surface area contributed by atoms with E-state index in [1.807, 2.05) is 12.1 Å². The van der Waals surface area contributed by atoms with Crippen LogP contribution in [0, 0.1) is 6.92 Å². The average molecular weight is 401 g/mol. The predicted molar refractivity (Wildman–Crippen MR) is 111 cm³/mol. The Balaban J connectivity index is 1.71. The second kappa shape index (κ2) is 9.06. The first-order valence-corrected chi connectivity index (χ1v) is 10.1. The predicted octanol–water partition coefficient (Wildman–Crippen LogP) is 5.05.